The van der Waals surface area contributed by atoms with Gasteiger partial charge in [0.05, 0.1) is 0 Å². The summed E-state index contributed by atoms with van der Waals surface area (Å²) in [6.07, 6.45) is 0. The average Bonchev–Trinajstić information content (AvgIpc) is 2.89. The fourth-order valence-corrected chi connectivity index (χ4v) is 4.03. The van der Waals surface area contributed by atoms with E-state index in [2.05, 4.69) is 88.6 Å². The van der Waals surface area contributed by atoms with Gasteiger partial charge in [-0.15, -0.1) is 0 Å². The first-order valence-corrected chi connectivity index (χ1v) is 9.66. The number of nitrogens with zero attached hydrogens (tertiary/aromatic N) is 3. The van der Waals surface area contributed by atoms with Crippen molar-refractivity contribution >= 4 is 15.9 Å². The Morgan fingerprint density at radius 3 is 2.42 bits per heavy atom. The summed E-state index contributed by atoms with van der Waals surface area (Å²) in [6.45, 7) is 9.84. The fourth-order valence-electron chi connectivity index (χ4n) is 3.76. The van der Waals surface area contributed by atoms with Crippen molar-refractivity contribution in [2.45, 2.75) is 32.9 Å². The van der Waals surface area contributed by atoms with Crippen LogP contribution in [0.5, 0.6) is 0 Å². The third-order valence-corrected chi connectivity index (χ3v) is 5.86. The number of hydrogen-bond donors (Lipinski definition) is 0. The van der Waals surface area contributed by atoms with Crippen LogP contribution in [0.15, 0.2) is 34.8 Å². The highest BCUT2D eigenvalue weighted by Gasteiger charge is 2.28. The first-order chi connectivity index (χ1) is 11.5. The summed E-state index contributed by atoms with van der Waals surface area (Å²) < 4.78 is 3.57. The van der Waals surface area contributed by atoms with Gasteiger partial charge in [0.2, 0.25) is 0 Å². The summed E-state index contributed by atoms with van der Waals surface area (Å²) >= 11 is 3.55. The monoisotopic (exact) mass is 389 g/mol. The molecule has 24 heavy (non-hydrogen) atoms. The molecular formula is C20H28BrN3. The molecule has 0 saturated heterocycles. The summed E-state index contributed by atoms with van der Waals surface area (Å²) in [5.41, 5.74) is 5.83. The van der Waals surface area contributed by atoms with Gasteiger partial charge < -0.3 is 4.57 Å². The van der Waals surface area contributed by atoms with Gasteiger partial charge in [0.25, 0.3) is 0 Å². The van der Waals surface area contributed by atoms with Crippen molar-refractivity contribution in [1.82, 2.24) is 14.4 Å². The zero-order chi connectivity index (χ0) is 17.3. The minimum Gasteiger partial charge on any atom is -0.349 e. The van der Waals surface area contributed by atoms with Crippen LogP contribution in [0.2, 0.25) is 0 Å². The van der Waals surface area contributed by atoms with Gasteiger partial charge in [0, 0.05) is 48.5 Å². The van der Waals surface area contributed by atoms with E-state index in [1.54, 1.807) is 0 Å². The SMILES string of the molecule is CCN(CC)Cc1cc2c(n1C)CN(C)CC2c1ccc(Br)cc1. The lowest BCUT2D eigenvalue weighted by molar-refractivity contribution is 0.279. The van der Waals surface area contributed by atoms with Crippen molar-refractivity contribution in [2.24, 2.45) is 7.05 Å². The molecule has 1 atom stereocenters. The predicted octanol–water partition coefficient (Wildman–Crippen LogP) is 4.21. The van der Waals surface area contributed by atoms with Gasteiger partial charge in [-0.2, -0.15) is 0 Å². The maximum Gasteiger partial charge on any atom is 0.0387 e. The molecule has 4 heteroatoms. The molecule has 3 nitrogen and oxygen atoms in total. The van der Waals surface area contributed by atoms with Crippen molar-refractivity contribution in [3.63, 3.8) is 0 Å². The zero-order valence-corrected chi connectivity index (χ0v) is 16.8. The number of halogens is 1. The first kappa shape index (κ1) is 17.7. The molecule has 1 aliphatic rings. The molecule has 1 aliphatic heterocycles. The normalized spacial score (nSPS) is 18.2. The largest absolute Gasteiger partial charge is 0.349 e. The van der Waals surface area contributed by atoms with Gasteiger partial charge in [0.15, 0.2) is 0 Å². The number of fused-ring (bicyclic) bond motifs is 1. The topological polar surface area (TPSA) is 11.4 Å². The second kappa shape index (κ2) is 7.42. The molecule has 0 aliphatic carbocycles. The Morgan fingerprint density at radius 1 is 1.12 bits per heavy atom. The van der Waals surface area contributed by atoms with Crippen molar-refractivity contribution in [1.29, 1.82) is 0 Å². The van der Waals surface area contributed by atoms with Gasteiger partial charge in [-0.05, 0) is 49.5 Å². The van der Waals surface area contributed by atoms with Crippen LogP contribution < -0.4 is 0 Å². The lowest BCUT2D eigenvalue weighted by Gasteiger charge is -2.31. The van der Waals surface area contributed by atoms with Crippen LogP contribution in [0.4, 0.5) is 0 Å². The molecule has 2 aromatic rings. The van der Waals surface area contributed by atoms with Crippen molar-refractivity contribution < 1.29 is 0 Å². The number of benzene rings is 1. The molecule has 0 N–H and O–H groups in total. The van der Waals surface area contributed by atoms with Crippen LogP contribution in [-0.4, -0.2) is 41.0 Å². The molecule has 2 heterocycles. The van der Waals surface area contributed by atoms with E-state index in [4.69, 9.17) is 0 Å². The molecule has 1 aromatic carbocycles. The van der Waals surface area contributed by atoms with E-state index in [1.165, 1.54) is 22.5 Å². The fraction of sp³-hybridized carbons (Fsp3) is 0.500. The number of rotatable bonds is 5. The van der Waals surface area contributed by atoms with Crippen LogP contribution in [0.25, 0.3) is 0 Å². The first-order valence-electron chi connectivity index (χ1n) is 8.87. The van der Waals surface area contributed by atoms with E-state index in [0.717, 1.165) is 37.2 Å². The van der Waals surface area contributed by atoms with Gasteiger partial charge >= 0.3 is 0 Å². The lowest BCUT2D eigenvalue weighted by atomic mass is 9.88. The number of hydrogen-bond acceptors (Lipinski definition) is 2. The van der Waals surface area contributed by atoms with E-state index in [9.17, 15) is 0 Å². The molecule has 0 fully saturated rings. The van der Waals surface area contributed by atoms with Crippen molar-refractivity contribution in [3.05, 3.63) is 57.3 Å². The Balaban J connectivity index is 1.98. The van der Waals surface area contributed by atoms with Gasteiger partial charge in [-0.3, -0.25) is 9.80 Å². The van der Waals surface area contributed by atoms with E-state index >= 15 is 0 Å². The molecule has 1 unspecified atom stereocenters. The van der Waals surface area contributed by atoms with Gasteiger partial charge in [0.1, 0.15) is 0 Å². The summed E-state index contributed by atoms with van der Waals surface area (Å²) in [5.74, 6) is 0.462. The van der Waals surface area contributed by atoms with Crippen molar-refractivity contribution in [3.8, 4) is 0 Å². The molecule has 0 spiro atoms. The molecule has 0 radical (unpaired) electrons. The standard InChI is InChI=1S/C20H28BrN3/c1-5-24(6-2)12-17-11-18-19(15-7-9-16(21)10-8-15)13-22(3)14-20(18)23(17)4/h7-11,19H,5-6,12-14H2,1-4H3. The molecule has 0 amide bonds. The molecule has 0 saturated carbocycles. The molecule has 130 valence electrons. The van der Waals surface area contributed by atoms with E-state index < -0.39 is 0 Å². The predicted molar refractivity (Wildman–Crippen MR) is 104 cm³/mol. The van der Waals surface area contributed by atoms with Gasteiger partial charge in [-0.25, -0.2) is 0 Å². The van der Waals surface area contributed by atoms with E-state index in [0.29, 0.717) is 5.92 Å². The zero-order valence-electron chi connectivity index (χ0n) is 15.2. The molecule has 3 rings (SSSR count). The van der Waals surface area contributed by atoms with Crippen LogP contribution in [-0.2, 0) is 20.1 Å². The van der Waals surface area contributed by atoms with Crippen LogP contribution in [0.3, 0.4) is 0 Å². The quantitative estimate of drug-likeness (QED) is 0.758. The minimum absolute atomic E-state index is 0.462. The Labute approximate surface area is 154 Å². The smallest absolute Gasteiger partial charge is 0.0387 e. The number of aromatic nitrogens is 1. The van der Waals surface area contributed by atoms with Crippen LogP contribution >= 0.6 is 15.9 Å². The summed E-state index contributed by atoms with van der Waals surface area (Å²) in [5, 5.41) is 0. The highest BCUT2D eigenvalue weighted by molar-refractivity contribution is 9.10. The highest BCUT2D eigenvalue weighted by atomic mass is 79.9. The summed E-state index contributed by atoms with van der Waals surface area (Å²) in [4.78, 5) is 4.93. The Morgan fingerprint density at radius 2 is 1.79 bits per heavy atom. The Hall–Kier alpha value is -1.10. The van der Waals surface area contributed by atoms with Crippen LogP contribution in [0.1, 0.15) is 42.3 Å². The minimum atomic E-state index is 0.462. The van der Waals surface area contributed by atoms with Crippen molar-refractivity contribution in [2.75, 3.05) is 26.7 Å². The Kier molecular flexibility index (Phi) is 5.48. The Bertz CT molecular complexity index is 686. The highest BCUT2D eigenvalue weighted by Crippen LogP contribution is 2.35. The second-order valence-corrected chi connectivity index (χ2v) is 7.77. The maximum atomic E-state index is 3.55. The third kappa shape index (κ3) is 3.46. The second-order valence-electron chi connectivity index (χ2n) is 6.86. The summed E-state index contributed by atoms with van der Waals surface area (Å²) in [6, 6.07) is 11.3. The number of likely N-dealkylation sites (N-methyl/N-ethyl adjacent to an activating group) is 1. The van der Waals surface area contributed by atoms with E-state index in [1.807, 2.05) is 0 Å². The van der Waals surface area contributed by atoms with Gasteiger partial charge in [-0.1, -0.05) is 41.9 Å². The van der Waals surface area contributed by atoms with E-state index in [-0.39, 0.29) is 0 Å². The lowest BCUT2D eigenvalue weighted by Crippen LogP contribution is -2.31. The molecule has 1 aromatic heterocycles. The summed E-state index contributed by atoms with van der Waals surface area (Å²) in [7, 11) is 4.46. The maximum absolute atomic E-state index is 3.55. The average molecular weight is 390 g/mol. The molecular weight excluding hydrogens is 362 g/mol. The third-order valence-electron chi connectivity index (χ3n) is 5.33. The molecule has 0 bridgehead atoms. The van der Waals surface area contributed by atoms with Crippen LogP contribution in [0, 0.1) is 0 Å².